The van der Waals surface area contributed by atoms with Crippen molar-refractivity contribution in [3.8, 4) is 5.75 Å². The normalized spacial score (nSPS) is 17.2. The van der Waals surface area contributed by atoms with Gasteiger partial charge in [-0.05, 0) is 66.4 Å². The number of benzene rings is 3. The topological polar surface area (TPSA) is 83.9 Å². The number of piperidine rings is 1. The zero-order chi connectivity index (χ0) is 29.2. The molecule has 0 radical (unpaired) electrons. The number of methoxy groups -OCH3 is 1. The standard InChI is InChI=1S/C34H34N4O4/c1-36(19-23-7-4-3-5-8-23)34(41)26-13-16-31(29(18-26)35-33(40)25-11-14-28(42-2)15-12-25)37-20-24-17-27(22-37)30-9-6-10-32(39)38(30)21-24/h3-16,18,24,27H,17,19-22H2,1-2H3,(H,35,40). The van der Waals surface area contributed by atoms with Gasteiger partial charge in [0.25, 0.3) is 17.4 Å². The highest BCUT2D eigenvalue weighted by Gasteiger charge is 2.35. The minimum absolute atomic E-state index is 0.0468. The quantitative estimate of drug-likeness (QED) is 0.343. The number of hydrogen-bond donors (Lipinski definition) is 1. The smallest absolute Gasteiger partial charge is 0.255 e. The molecule has 0 spiro atoms. The van der Waals surface area contributed by atoms with E-state index in [0.29, 0.717) is 48.1 Å². The molecule has 2 aliphatic rings. The predicted octanol–water partition coefficient (Wildman–Crippen LogP) is 5.01. The lowest BCUT2D eigenvalue weighted by Gasteiger charge is -2.44. The SMILES string of the molecule is COc1ccc(C(=O)Nc2cc(C(=O)N(C)Cc3ccccc3)ccc2N2CC3CC(C2)c2cccc(=O)n2C3)cc1. The molecule has 4 aromatic rings. The molecule has 42 heavy (non-hydrogen) atoms. The molecule has 0 aliphatic carbocycles. The summed E-state index contributed by atoms with van der Waals surface area (Å²) in [6, 6.07) is 27.8. The highest BCUT2D eigenvalue weighted by molar-refractivity contribution is 6.07. The summed E-state index contributed by atoms with van der Waals surface area (Å²) < 4.78 is 7.15. The third-order valence-electron chi connectivity index (χ3n) is 8.27. The molecule has 2 amide bonds. The van der Waals surface area contributed by atoms with E-state index >= 15 is 0 Å². The van der Waals surface area contributed by atoms with E-state index in [0.717, 1.165) is 29.9 Å². The van der Waals surface area contributed by atoms with E-state index in [1.54, 1.807) is 55.5 Å². The third kappa shape index (κ3) is 5.52. The summed E-state index contributed by atoms with van der Waals surface area (Å²) in [5.74, 6) is 0.777. The Morgan fingerprint density at radius 1 is 0.905 bits per heavy atom. The Morgan fingerprint density at radius 2 is 1.67 bits per heavy atom. The first-order valence-corrected chi connectivity index (χ1v) is 14.2. The summed E-state index contributed by atoms with van der Waals surface area (Å²) in [5.41, 5.74) is 4.57. The largest absolute Gasteiger partial charge is 0.497 e. The van der Waals surface area contributed by atoms with E-state index in [4.69, 9.17) is 4.74 Å². The number of fused-ring (bicyclic) bond motifs is 4. The van der Waals surface area contributed by atoms with Gasteiger partial charge in [-0.3, -0.25) is 14.4 Å². The van der Waals surface area contributed by atoms with Gasteiger partial charge >= 0.3 is 0 Å². The van der Waals surface area contributed by atoms with Crippen molar-refractivity contribution in [2.24, 2.45) is 5.92 Å². The van der Waals surface area contributed by atoms with E-state index in [-0.39, 0.29) is 23.3 Å². The summed E-state index contributed by atoms with van der Waals surface area (Å²) in [5, 5.41) is 3.09. The van der Waals surface area contributed by atoms with Crippen molar-refractivity contribution in [2.75, 3.05) is 37.5 Å². The van der Waals surface area contributed by atoms with Crippen molar-refractivity contribution in [2.45, 2.75) is 25.4 Å². The van der Waals surface area contributed by atoms with Gasteiger partial charge < -0.3 is 24.4 Å². The first-order chi connectivity index (χ1) is 20.4. The van der Waals surface area contributed by atoms with Crippen molar-refractivity contribution >= 4 is 23.2 Å². The van der Waals surface area contributed by atoms with E-state index < -0.39 is 0 Å². The van der Waals surface area contributed by atoms with Crippen molar-refractivity contribution in [3.63, 3.8) is 0 Å². The maximum absolute atomic E-state index is 13.5. The molecule has 2 unspecified atom stereocenters. The number of nitrogens with one attached hydrogen (secondary N) is 1. The lowest BCUT2D eigenvalue weighted by Crippen LogP contribution is -2.47. The van der Waals surface area contributed by atoms with Crippen LogP contribution in [0.3, 0.4) is 0 Å². The molecule has 3 heterocycles. The first kappa shape index (κ1) is 27.3. The second kappa shape index (κ2) is 11.6. The van der Waals surface area contributed by atoms with Crippen LogP contribution in [-0.2, 0) is 13.1 Å². The van der Waals surface area contributed by atoms with Crippen LogP contribution in [0.2, 0.25) is 0 Å². The molecule has 8 nitrogen and oxygen atoms in total. The average molecular weight is 563 g/mol. The highest BCUT2D eigenvalue weighted by atomic mass is 16.5. The number of hydrogen-bond acceptors (Lipinski definition) is 5. The van der Waals surface area contributed by atoms with Gasteiger partial charge in [-0.25, -0.2) is 0 Å². The third-order valence-corrected chi connectivity index (χ3v) is 8.27. The Morgan fingerprint density at radius 3 is 2.43 bits per heavy atom. The monoisotopic (exact) mass is 562 g/mol. The van der Waals surface area contributed by atoms with Crippen LogP contribution >= 0.6 is 0 Å². The molecule has 2 bridgehead atoms. The summed E-state index contributed by atoms with van der Waals surface area (Å²) in [6.07, 6.45) is 1.02. The fourth-order valence-electron chi connectivity index (χ4n) is 6.22. The zero-order valence-corrected chi connectivity index (χ0v) is 23.8. The molecule has 1 N–H and O–H groups in total. The molecule has 2 aliphatic heterocycles. The number of carbonyl (C=O) groups is 2. The summed E-state index contributed by atoms with van der Waals surface area (Å²) in [4.78, 5) is 43.4. The molecule has 2 atom stereocenters. The molecule has 214 valence electrons. The number of pyridine rings is 1. The second-order valence-electron chi connectivity index (χ2n) is 11.2. The zero-order valence-electron chi connectivity index (χ0n) is 23.8. The minimum atomic E-state index is -0.268. The Balaban J connectivity index is 1.31. The van der Waals surface area contributed by atoms with Gasteiger partial charge in [-0.1, -0.05) is 36.4 Å². The number of carbonyl (C=O) groups excluding carboxylic acids is 2. The maximum Gasteiger partial charge on any atom is 0.255 e. The molecule has 6 rings (SSSR count). The number of nitrogens with zero attached hydrogens (tertiary/aromatic N) is 3. The Labute approximate surface area is 245 Å². The minimum Gasteiger partial charge on any atom is -0.497 e. The number of ether oxygens (including phenoxy) is 1. The number of aromatic nitrogens is 1. The number of anilines is 2. The van der Waals surface area contributed by atoms with Gasteiger partial charge in [0.15, 0.2) is 0 Å². The average Bonchev–Trinajstić information content (AvgIpc) is 3.01. The fraction of sp³-hybridized carbons (Fsp3) is 0.265. The summed E-state index contributed by atoms with van der Waals surface area (Å²) in [7, 11) is 3.37. The van der Waals surface area contributed by atoms with Crippen LogP contribution in [-0.4, -0.2) is 48.5 Å². The lowest BCUT2D eigenvalue weighted by molar-refractivity contribution is 0.0784. The van der Waals surface area contributed by atoms with Gasteiger partial charge in [-0.2, -0.15) is 0 Å². The number of amides is 2. The molecule has 1 fully saturated rings. The van der Waals surface area contributed by atoms with Crippen LogP contribution in [0.25, 0.3) is 0 Å². The van der Waals surface area contributed by atoms with Gasteiger partial charge in [0, 0.05) is 62.0 Å². The van der Waals surface area contributed by atoms with Crippen LogP contribution in [0.5, 0.6) is 5.75 Å². The van der Waals surface area contributed by atoms with Gasteiger partial charge in [0.1, 0.15) is 5.75 Å². The number of rotatable bonds is 7. The van der Waals surface area contributed by atoms with Crippen molar-refractivity contribution < 1.29 is 14.3 Å². The van der Waals surface area contributed by atoms with Crippen molar-refractivity contribution in [3.05, 3.63) is 124 Å². The molecule has 0 saturated carbocycles. The first-order valence-electron chi connectivity index (χ1n) is 14.2. The Hall–Kier alpha value is -4.85. The molecule has 3 aromatic carbocycles. The van der Waals surface area contributed by atoms with Crippen LogP contribution in [0.15, 0.2) is 95.8 Å². The maximum atomic E-state index is 13.5. The molecular weight excluding hydrogens is 528 g/mol. The molecule has 8 heteroatoms. The van der Waals surface area contributed by atoms with E-state index in [1.807, 2.05) is 59.2 Å². The van der Waals surface area contributed by atoms with E-state index in [1.165, 1.54) is 0 Å². The van der Waals surface area contributed by atoms with Crippen LogP contribution in [0, 0.1) is 5.92 Å². The fourth-order valence-corrected chi connectivity index (χ4v) is 6.22. The molecule has 1 saturated heterocycles. The van der Waals surface area contributed by atoms with Crippen LogP contribution in [0.4, 0.5) is 11.4 Å². The van der Waals surface area contributed by atoms with Gasteiger partial charge in [0.2, 0.25) is 0 Å². The van der Waals surface area contributed by atoms with E-state index in [2.05, 4.69) is 10.2 Å². The van der Waals surface area contributed by atoms with Gasteiger partial charge in [0.05, 0.1) is 18.5 Å². The van der Waals surface area contributed by atoms with Crippen LogP contribution < -0.4 is 20.5 Å². The summed E-state index contributed by atoms with van der Waals surface area (Å²) >= 11 is 0. The Bertz CT molecular complexity index is 1670. The van der Waals surface area contributed by atoms with Crippen LogP contribution in [0.1, 0.15) is 44.3 Å². The Kier molecular flexibility index (Phi) is 7.52. The van der Waals surface area contributed by atoms with E-state index in [9.17, 15) is 14.4 Å². The highest BCUT2D eigenvalue weighted by Crippen LogP contribution is 2.39. The second-order valence-corrected chi connectivity index (χ2v) is 11.2. The van der Waals surface area contributed by atoms with Crippen molar-refractivity contribution in [1.29, 1.82) is 0 Å². The van der Waals surface area contributed by atoms with Gasteiger partial charge in [-0.15, -0.1) is 0 Å². The van der Waals surface area contributed by atoms with Crippen molar-refractivity contribution in [1.82, 2.24) is 9.47 Å². The molecular formula is C34H34N4O4. The summed E-state index contributed by atoms with van der Waals surface area (Å²) in [6.45, 7) is 2.62. The lowest BCUT2D eigenvalue weighted by atomic mass is 9.83. The predicted molar refractivity (Wildman–Crippen MR) is 163 cm³/mol. The molecule has 1 aromatic heterocycles.